The smallest absolute Gasteiger partial charge is 0.223 e. The largest absolute Gasteiger partial charge is 0.381 e. The summed E-state index contributed by atoms with van der Waals surface area (Å²) in [5.41, 5.74) is 0. The Morgan fingerprint density at radius 3 is 2.85 bits per heavy atom. The first-order chi connectivity index (χ1) is 9.77. The van der Waals surface area contributed by atoms with Crippen molar-refractivity contribution in [2.75, 3.05) is 32.8 Å². The Kier molecular flexibility index (Phi) is 6.30. The number of amides is 2. The van der Waals surface area contributed by atoms with E-state index in [-0.39, 0.29) is 17.7 Å². The van der Waals surface area contributed by atoms with Crippen LogP contribution in [0.5, 0.6) is 0 Å². The zero-order chi connectivity index (χ0) is 14.2. The lowest BCUT2D eigenvalue weighted by Gasteiger charge is -2.22. The number of likely N-dealkylation sites (tertiary alicyclic amines) is 1. The third-order valence-corrected chi connectivity index (χ3v) is 4.17. The van der Waals surface area contributed by atoms with E-state index in [1.54, 1.807) is 0 Å². The molecule has 0 saturated carbocycles. The number of ether oxygens (including phenoxy) is 1. The average Bonchev–Trinajstić information content (AvgIpc) is 2.69. The van der Waals surface area contributed by atoms with Crippen LogP contribution in [0.25, 0.3) is 0 Å². The van der Waals surface area contributed by atoms with E-state index in [1.165, 1.54) is 0 Å². The molecule has 0 aromatic carbocycles. The van der Waals surface area contributed by atoms with E-state index in [4.69, 9.17) is 4.74 Å². The molecule has 2 rings (SSSR count). The topological polar surface area (TPSA) is 58.6 Å². The fourth-order valence-electron chi connectivity index (χ4n) is 2.86. The van der Waals surface area contributed by atoms with Crippen molar-refractivity contribution in [1.82, 2.24) is 10.2 Å². The standard InChI is InChI=1S/C15H26N2O3/c18-14-5-2-1-3-9-17(14)10-4-8-16-15(19)13-6-11-20-12-7-13/h13H,1-12H2,(H,16,19). The number of carbonyl (C=O) groups is 2. The van der Waals surface area contributed by atoms with Crippen LogP contribution in [-0.4, -0.2) is 49.6 Å². The van der Waals surface area contributed by atoms with Crippen molar-refractivity contribution >= 4 is 11.8 Å². The molecule has 2 aliphatic rings. The summed E-state index contributed by atoms with van der Waals surface area (Å²) in [6.45, 7) is 3.71. The molecule has 0 radical (unpaired) electrons. The van der Waals surface area contributed by atoms with Gasteiger partial charge in [-0.25, -0.2) is 0 Å². The number of carbonyl (C=O) groups excluding carboxylic acids is 2. The van der Waals surface area contributed by atoms with Crippen LogP contribution in [0.3, 0.4) is 0 Å². The summed E-state index contributed by atoms with van der Waals surface area (Å²) in [7, 11) is 0. The van der Waals surface area contributed by atoms with Crippen molar-refractivity contribution in [2.45, 2.75) is 44.9 Å². The van der Waals surface area contributed by atoms with Crippen LogP contribution >= 0.6 is 0 Å². The van der Waals surface area contributed by atoms with E-state index in [0.717, 1.165) is 51.6 Å². The molecule has 2 aliphatic heterocycles. The van der Waals surface area contributed by atoms with Crippen molar-refractivity contribution in [3.63, 3.8) is 0 Å². The van der Waals surface area contributed by atoms with Gasteiger partial charge in [0.2, 0.25) is 11.8 Å². The van der Waals surface area contributed by atoms with E-state index in [2.05, 4.69) is 5.32 Å². The van der Waals surface area contributed by atoms with Gasteiger partial charge in [-0.15, -0.1) is 0 Å². The molecule has 0 atom stereocenters. The third-order valence-electron chi connectivity index (χ3n) is 4.17. The van der Waals surface area contributed by atoms with Gasteiger partial charge in [-0.05, 0) is 32.1 Å². The molecule has 2 fully saturated rings. The molecular formula is C15H26N2O3. The third kappa shape index (κ3) is 4.78. The first-order valence-corrected chi connectivity index (χ1v) is 7.90. The number of hydrogen-bond acceptors (Lipinski definition) is 3. The molecule has 114 valence electrons. The van der Waals surface area contributed by atoms with Gasteiger partial charge in [0.05, 0.1) is 0 Å². The fourth-order valence-corrected chi connectivity index (χ4v) is 2.86. The molecule has 2 saturated heterocycles. The minimum atomic E-state index is 0.114. The van der Waals surface area contributed by atoms with Crippen molar-refractivity contribution in [3.05, 3.63) is 0 Å². The SMILES string of the molecule is O=C(NCCCN1CCCCCC1=O)C1CCOCC1. The summed E-state index contributed by atoms with van der Waals surface area (Å²) in [6, 6.07) is 0. The summed E-state index contributed by atoms with van der Waals surface area (Å²) in [4.78, 5) is 25.7. The van der Waals surface area contributed by atoms with Gasteiger partial charge < -0.3 is 15.0 Å². The number of hydrogen-bond donors (Lipinski definition) is 1. The maximum absolute atomic E-state index is 11.9. The Balaban J connectivity index is 1.60. The number of nitrogens with zero attached hydrogens (tertiary/aromatic N) is 1. The molecule has 0 spiro atoms. The highest BCUT2D eigenvalue weighted by atomic mass is 16.5. The Bertz CT molecular complexity index is 327. The molecule has 5 heteroatoms. The molecule has 0 aromatic heterocycles. The quantitative estimate of drug-likeness (QED) is 0.774. The highest BCUT2D eigenvalue weighted by Crippen LogP contribution is 2.14. The van der Waals surface area contributed by atoms with Gasteiger partial charge in [-0.1, -0.05) is 6.42 Å². The molecule has 2 amide bonds. The van der Waals surface area contributed by atoms with Crippen LogP contribution < -0.4 is 5.32 Å². The van der Waals surface area contributed by atoms with Crippen LogP contribution in [0.4, 0.5) is 0 Å². The van der Waals surface area contributed by atoms with Crippen LogP contribution in [-0.2, 0) is 14.3 Å². The van der Waals surface area contributed by atoms with E-state index >= 15 is 0 Å². The minimum Gasteiger partial charge on any atom is -0.381 e. The second-order valence-corrected chi connectivity index (χ2v) is 5.72. The highest BCUT2D eigenvalue weighted by Gasteiger charge is 2.21. The van der Waals surface area contributed by atoms with E-state index < -0.39 is 0 Å². The second-order valence-electron chi connectivity index (χ2n) is 5.72. The Morgan fingerprint density at radius 1 is 1.25 bits per heavy atom. The van der Waals surface area contributed by atoms with Crippen molar-refractivity contribution in [2.24, 2.45) is 5.92 Å². The molecule has 0 aromatic rings. The normalized spacial score (nSPS) is 21.6. The van der Waals surface area contributed by atoms with Gasteiger partial charge in [-0.2, -0.15) is 0 Å². The summed E-state index contributed by atoms with van der Waals surface area (Å²) >= 11 is 0. The number of rotatable bonds is 5. The minimum absolute atomic E-state index is 0.114. The van der Waals surface area contributed by atoms with E-state index in [1.807, 2.05) is 4.90 Å². The lowest BCUT2D eigenvalue weighted by atomic mass is 9.99. The van der Waals surface area contributed by atoms with Gasteiger partial charge in [-0.3, -0.25) is 9.59 Å². The Hall–Kier alpha value is -1.10. The lowest BCUT2D eigenvalue weighted by molar-refractivity contribution is -0.130. The average molecular weight is 282 g/mol. The van der Waals surface area contributed by atoms with Gasteiger partial charge in [0.1, 0.15) is 0 Å². The molecular weight excluding hydrogens is 256 g/mol. The van der Waals surface area contributed by atoms with Crippen molar-refractivity contribution < 1.29 is 14.3 Å². The Morgan fingerprint density at radius 2 is 2.05 bits per heavy atom. The predicted molar refractivity (Wildman–Crippen MR) is 76.2 cm³/mol. The van der Waals surface area contributed by atoms with E-state index in [0.29, 0.717) is 26.2 Å². The molecule has 0 unspecified atom stereocenters. The highest BCUT2D eigenvalue weighted by molar-refractivity contribution is 5.78. The second kappa shape index (κ2) is 8.25. The zero-order valence-corrected chi connectivity index (χ0v) is 12.2. The summed E-state index contributed by atoms with van der Waals surface area (Å²) in [6.07, 6.45) is 6.49. The maximum Gasteiger partial charge on any atom is 0.223 e. The first-order valence-electron chi connectivity index (χ1n) is 7.90. The van der Waals surface area contributed by atoms with Crippen molar-refractivity contribution in [1.29, 1.82) is 0 Å². The lowest BCUT2D eigenvalue weighted by Crippen LogP contribution is -2.37. The molecule has 0 aliphatic carbocycles. The fraction of sp³-hybridized carbons (Fsp3) is 0.867. The predicted octanol–water partition coefficient (Wildman–Crippen LogP) is 1.32. The van der Waals surface area contributed by atoms with Gasteiger partial charge in [0, 0.05) is 45.2 Å². The molecule has 0 bridgehead atoms. The zero-order valence-electron chi connectivity index (χ0n) is 12.2. The van der Waals surface area contributed by atoms with Crippen LogP contribution in [0, 0.1) is 5.92 Å². The molecule has 5 nitrogen and oxygen atoms in total. The van der Waals surface area contributed by atoms with Crippen LogP contribution in [0.15, 0.2) is 0 Å². The van der Waals surface area contributed by atoms with Gasteiger partial charge in [0.15, 0.2) is 0 Å². The van der Waals surface area contributed by atoms with Crippen LogP contribution in [0.2, 0.25) is 0 Å². The number of nitrogens with one attached hydrogen (secondary N) is 1. The van der Waals surface area contributed by atoms with Gasteiger partial charge >= 0.3 is 0 Å². The monoisotopic (exact) mass is 282 g/mol. The van der Waals surface area contributed by atoms with Crippen LogP contribution in [0.1, 0.15) is 44.9 Å². The molecule has 2 heterocycles. The Labute approximate surface area is 121 Å². The molecule has 20 heavy (non-hydrogen) atoms. The van der Waals surface area contributed by atoms with Crippen molar-refractivity contribution in [3.8, 4) is 0 Å². The summed E-state index contributed by atoms with van der Waals surface area (Å²) < 4.78 is 5.25. The van der Waals surface area contributed by atoms with E-state index in [9.17, 15) is 9.59 Å². The first kappa shape index (κ1) is 15.3. The van der Waals surface area contributed by atoms with Gasteiger partial charge in [0.25, 0.3) is 0 Å². The summed E-state index contributed by atoms with van der Waals surface area (Å²) in [5, 5.41) is 2.99. The summed E-state index contributed by atoms with van der Waals surface area (Å²) in [5.74, 6) is 0.539. The molecule has 1 N–H and O–H groups in total. The maximum atomic E-state index is 11.9.